The van der Waals surface area contributed by atoms with Gasteiger partial charge in [-0.15, -0.1) is 0 Å². The predicted octanol–water partition coefficient (Wildman–Crippen LogP) is 6.28. The van der Waals surface area contributed by atoms with E-state index in [1.807, 2.05) is 72.5 Å². The number of aromatic nitrogens is 2. The van der Waals surface area contributed by atoms with E-state index >= 15 is 0 Å². The van der Waals surface area contributed by atoms with E-state index in [1.165, 1.54) is 12.1 Å². The quantitative estimate of drug-likeness (QED) is 0.235. The number of rotatable bonds is 6. The van der Waals surface area contributed by atoms with Crippen molar-refractivity contribution in [2.45, 2.75) is 20.4 Å². The van der Waals surface area contributed by atoms with Crippen molar-refractivity contribution in [3.63, 3.8) is 0 Å². The molecule has 2 aromatic heterocycles. The van der Waals surface area contributed by atoms with Crippen LogP contribution >= 0.6 is 0 Å². The van der Waals surface area contributed by atoms with Gasteiger partial charge in [0.05, 0.1) is 11.4 Å². The highest BCUT2D eigenvalue weighted by Gasteiger charge is 2.24. The lowest BCUT2D eigenvalue weighted by Gasteiger charge is -2.34. The van der Waals surface area contributed by atoms with E-state index in [4.69, 9.17) is 4.98 Å². The molecule has 7 heteroatoms. The molecule has 5 aromatic rings. The van der Waals surface area contributed by atoms with E-state index in [0.29, 0.717) is 30.8 Å². The number of benzene rings is 3. The molecule has 0 spiro atoms. The van der Waals surface area contributed by atoms with E-state index in [-0.39, 0.29) is 17.5 Å². The molecule has 3 heterocycles. The predicted molar refractivity (Wildman–Crippen MR) is 158 cm³/mol. The maximum atomic E-state index is 13.8. The molecule has 1 aliphatic rings. The summed E-state index contributed by atoms with van der Waals surface area (Å²) in [5.41, 5.74) is 8.01. The second kappa shape index (κ2) is 11.1. The summed E-state index contributed by atoms with van der Waals surface area (Å²) in [7, 11) is 0. The smallest absolute Gasteiger partial charge is 0.253 e. The van der Waals surface area contributed by atoms with Crippen LogP contribution in [0.25, 0.3) is 28.0 Å². The summed E-state index contributed by atoms with van der Waals surface area (Å²) in [6.45, 7) is 6.97. The van der Waals surface area contributed by atoms with Crippen LogP contribution in [-0.4, -0.2) is 57.1 Å². The third-order valence-electron chi connectivity index (χ3n) is 7.79. The first kappa shape index (κ1) is 26.6. The maximum absolute atomic E-state index is 13.8. The fraction of sp³-hybridized carbons (Fsp3) is 0.206. The van der Waals surface area contributed by atoms with Crippen LogP contribution in [0.4, 0.5) is 4.39 Å². The van der Waals surface area contributed by atoms with Crippen LogP contribution in [0.5, 0.6) is 0 Å². The number of fused-ring (bicyclic) bond motifs is 1. The van der Waals surface area contributed by atoms with Gasteiger partial charge in [-0.2, -0.15) is 0 Å². The molecule has 0 saturated carbocycles. The first-order chi connectivity index (χ1) is 19.9. The van der Waals surface area contributed by atoms with Gasteiger partial charge in [-0.1, -0.05) is 42.0 Å². The molecule has 41 heavy (non-hydrogen) atoms. The average Bonchev–Trinajstić information content (AvgIpc) is 3.35. The SMILES string of the molecule is CC(=O)c1ccc(-c2ccc3nc(-c4ccc(F)cc4)c(CN4CCN(C(=O)c5ccc(C)cc5)CC4)n3c2)cc1. The monoisotopic (exact) mass is 546 g/mol. The number of aryl methyl sites for hydroxylation is 1. The normalized spacial score (nSPS) is 14.0. The lowest BCUT2D eigenvalue weighted by Crippen LogP contribution is -2.48. The van der Waals surface area contributed by atoms with Crippen molar-refractivity contribution in [1.82, 2.24) is 19.2 Å². The number of imidazole rings is 1. The number of carbonyl (C=O) groups is 2. The van der Waals surface area contributed by atoms with Gasteiger partial charge in [0.15, 0.2) is 5.78 Å². The van der Waals surface area contributed by atoms with Crippen molar-refractivity contribution in [2.24, 2.45) is 0 Å². The molecule has 0 unspecified atom stereocenters. The van der Waals surface area contributed by atoms with Crippen molar-refractivity contribution < 1.29 is 14.0 Å². The molecule has 0 N–H and O–H groups in total. The first-order valence-electron chi connectivity index (χ1n) is 13.8. The van der Waals surface area contributed by atoms with Crippen molar-refractivity contribution in [3.8, 4) is 22.4 Å². The molecule has 1 fully saturated rings. The van der Waals surface area contributed by atoms with Gasteiger partial charge >= 0.3 is 0 Å². The molecule has 3 aromatic carbocycles. The Kier molecular flexibility index (Phi) is 7.20. The maximum Gasteiger partial charge on any atom is 0.253 e. The van der Waals surface area contributed by atoms with E-state index in [9.17, 15) is 14.0 Å². The Hall–Kier alpha value is -4.62. The number of halogens is 1. The second-order valence-corrected chi connectivity index (χ2v) is 10.6. The van der Waals surface area contributed by atoms with E-state index in [1.54, 1.807) is 19.1 Å². The van der Waals surface area contributed by atoms with Crippen LogP contribution in [0.1, 0.15) is 38.9 Å². The number of piperazine rings is 1. The molecule has 0 radical (unpaired) electrons. The minimum Gasteiger partial charge on any atom is -0.336 e. The number of carbonyl (C=O) groups excluding carboxylic acids is 2. The van der Waals surface area contributed by atoms with Gasteiger partial charge in [-0.25, -0.2) is 9.37 Å². The van der Waals surface area contributed by atoms with Gasteiger partial charge in [-0.05, 0) is 73.5 Å². The topological polar surface area (TPSA) is 57.9 Å². The molecular formula is C34H31FN4O2. The van der Waals surface area contributed by atoms with Crippen LogP contribution < -0.4 is 0 Å². The summed E-state index contributed by atoms with van der Waals surface area (Å²) in [6.07, 6.45) is 2.07. The van der Waals surface area contributed by atoms with Crippen LogP contribution in [0.15, 0.2) is 91.1 Å². The van der Waals surface area contributed by atoms with Crippen LogP contribution in [0, 0.1) is 12.7 Å². The van der Waals surface area contributed by atoms with Gasteiger partial charge < -0.3 is 9.30 Å². The fourth-order valence-electron chi connectivity index (χ4n) is 5.35. The summed E-state index contributed by atoms with van der Waals surface area (Å²) in [6, 6.07) is 25.8. The Bertz CT molecular complexity index is 1720. The minimum atomic E-state index is -0.287. The summed E-state index contributed by atoms with van der Waals surface area (Å²) >= 11 is 0. The molecule has 6 nitrogen and oxygen atoms in total. The first-order valence-corrected chi connectivity index (χ1v) is 13.8. The zero-order chi connectivity index (χ0) is 28.5. The molecule has 206 valence electrons. The summed E-state index contributed by atoms with van der Waals surface area (Å²) in [4.78, 5) is 34.0. The van der Waals surface area contributed by atoms with Gasteiger partial charge in [0, 0.05) is 55.6 Å². The Morgan fingerprint density at radius 1 is 0.756 bits per heavy atom. The molecule has 1 amide bonds. The summed E-state index contributed by atoms with van der Waals surface area (Å²) in [5, 5.41) is 0. The number of Topliss-reactive ketones (excluding diaryl/α,β-unsaturated/α-hetero) is 1. The Morgan fingerprint density at radius 3 is 2.02 bits per heavy atom. The average molecular weight is 547 g/mol. The van der Waals surface area contributed by atoms with Crippen LogP contribution in [0.2, 0.25) is 0 Å². The number of ketones is 1. The lowest BCUT2D eigenvalue weighted by molar-refractivity contribution is 0.0626. The summed E-state index contributed by atoms with van der Waals surface area (Å²) in [5.74, 6) is -0.190. The van der Waals surface area contributed by atoms with Crippen molar-refractivity contribution in [2.75, 3.05) is 26.2 Å². The van der Waals surface area contributed by atoms with E-state index in [2.05, 4.69) is 15.5 Å². The van der Waals surface area contributed by atoms with E-state index in [0.717, 1.165) is 52.4 Å². The number of nitrogens with zero attached hydrogens (tertiary/aromatic N) is 4. The fourth-order valence-corrected chi connectivity index (χ4v) is 5.35. The molecule has 0 aliphatic carbocycles. The largest absolute Gasteiger partial charge is 0.336 e. The van der Waals surface area contributed by atoms with Crippen molar-refractivity contribution in [3.05, 3.63) is 119 Å². The van der Waals surface area contributed by atoms with Crippen molar-refractivity contribution in [1.29, 1.82) is 0 Å². The molecule has 6 rings (SSSR count). The number of amides is 1. The standard InChI is InChI=1S/C34H31FN4O2/c1-23-3-5-28(6-4-23)34(41)38-19-17-37(18-20-38)22-31-33(27-11-14-30(35)15-12-27)36-32-16-13-29(21-39(31)32)26-9-7-25(8-10-26)24(2)40/h3-16,21H,17-20,22H2,1-2H3. The molecule has 1 aliphatic heterocycles. The molecule has 1 saturated heterocycles. The highest BCUT2D eigenvalue weighted by molar-refractivity contribution is 5.95. The van der Waals surface area contributed by atoms with Gasteiger partial charge in [0.25, 0.3) is 5.91 Å². The zero-order valence-electron chi connectivity index (χ0n) is 23.2. The Morgan fingerprint density at radius 2 is 1.37 bits per heavy atom. The van der Waals surface area contributed by atoms with Crippen LogP contribution in [0.3, 0.4) is 0 Å². The van der Waals surface area contributed by atoms with Gasteiger partial charge in [-0.3, -0.25) is 14.5 Å². The second-order valence-electron chi connectivity index (χ2n) is 10.6. The number of pyridine rings is 1. The van der Waals surface area contributed by atoms with E-state index < -0.39 is 0 Å². The number of hydrogen-bond acceptors (Lipinski definition) is 4. The molecule has 0 bridgehead atoms. The molecular weight excluding hydrogens is 515 g/mol. The highest BCUT2D eigenvalue weighted by Crippen LogP contribution is 2.29. The minimum absolute atomic E-state index is 0.0356. The third-order valence-corrected chi connectivity index (χ3v) is 7.79. The Labute approximate surface area is 238 Å². The van der Waals surface area contributed by atoms with Crippen molar-refractivity contribution >= 4 is 17.3 Å². The van der Waals surface area contributed by atoms with Gasteiger partial charge in [0.2, 0.25) is 0 Å². The third kappa shape index (κ3) is 5.54. The zero-order valence-corrected chi connectivity index (χ0v) is 23.2. The van der Waals surface area contributed by atoms with Gasteiger partial charge in [0.1, 0.15) is 11.5 Å². The lowest BCUT2D eigenvalue weighted by atomic mass is 10.0. The summed E-state index contributed by atoms with van der Waals surface area (Å²) < 4.78 is 15.9. The number of hydrogen-bond donors (Lipinski definition) is 0. The molecule has 0 atom stereocenters. The highest BCUT2D eigenvalue weighted by atomic mass is 19.1. The Balaban J connectivity index is 1.29. The van der Waals surface area contributed by atoms with Crippen LogP contribution in [-0.2, 0) is 6.54 Å².